The summed E-state index contributed by atoms with van der Waals surface area (Å²) in [6.45, 7) is 1.73. The third-order valence-corrected chi connectivity index (χ3v) is 5.64. The maximum atomic E-state index is 12.4. The molecule has 0 saturated heterocycles. The van der Waals surface area contributed by atoms with Gasteiger partial charge in [0.15, 0.2) is 0 Å². The Balaban J connectivity index is 2.40. The number of nitrogens with one attached hydrogen (secondary N) is 1. The molecule has 1 heterocycles. The van der Waals surface area contributed by atoms with E-state index in [1.165, 1.54) is 6.20 Å². The average molecular weight is 441 g/mol. The fourth-order valence-corrected chi connectivity index (χ4v) is 3.82. The van der Waals surface area contributed by atoms with Crippen molar-refractivity contribution < 1.29 is 8.42 Å². The van der Waals surface area contributed by atoms with Crippen molar-refractivity contribution in [1.29, 1.82) is 0 Å². The van der Waals surface area contributed by atoms with E-state index in [2.05, 4.69) is 41.6 Å². The lowest BCUT2D eigenvalue weighted by molar-refractivity contribution is 0.600. The topological polar surface area (TPSA) is 59.1 Å². The summed E-state index contributed by atoms with van der Waals surface area (Å²) in [4.78, 5) is 4.09. The first-order chi connectivity index (χ1) is 9.29. The van der Waals surface area contributed by atoms with Crippen LogP contribution in [0.25, 0.3) is 0 Å². The van der Waals surface area contributed by atoms with E-state index < -0.39 is 10.0 Å². The van der Waals surface area contributed by atoms with Crippen molar-refractivity contribution in [2.24, 2.45) is 0 Å². The summed E-state index contributed by atoms with van der Waals surface area (Å²) >= 11 is 12.2. The van der Waals surface area contributed by atoms with Gasteiger partial charge in [-0.15, -0.1) is 0 Å². The number of anilines is 1. The molecule has 0 unspecified atom stereocenters. The maximum Gasteiger partial charge on any atom is 0.262 e. The first-order valence-corrected chi connectivity index (χ1v) is 8.84. The van der Waals surface area contributed by atoms with Crippen molar-refractivity contribution >= 4 is 59.2 Å². The van der Waals surface area contributed by atoms with Crippen molar-refractivity contribution in [1.82, 2.24) is 4.98 Å². The Labute approximate surface area is 138 Å². The Morgan fingerprint density at radius 2 is 1.95 bits per heavy atom. The average Bonchev–Trinajstić information content (AvgIpc) is 2.36. The highest BCUT2D eigenvalue weighted by molar-refractivity contribution is 9.10. The number of benzene rings is 1. The van der Waals surface area contributed by atoms with Crippen LogP contribution in [0.3, 0.4) is 0 Å². The number of sulfonamides is 1. The second-order valence-electron chi connectivity index (χ2n) is 4.01. The number of aromatic nitrogens is 1. The van der Waals surface area contributed by atoms with Crippen molar-refractivity contribution in [2.75, 3.05) is 4.72 Å². The van der Waals surface area contributed by atoms with Gasteiger partial charge >= 0.3 is 0 Å². The molecule has 0 radical (unpaired) electrons. The number of aryl methyl sites for hydroxylation is 1. The molecule has 2 aromatic rings. The molecule has 8 heteroatoms. The van der Waals surface area contributed by atoms with Crippen molar-refractivity contribution in [3.8, 4) is 0 Å². The monoisotopic (exact) mass is 438 g/mol. The first-order valence-electron chi connectivity index (χ1n) is 5.39. The molecule has 1 aromatic heterocycles. The second kappa shape index (κ2) is 6.01. The predicted molar refractivity (Wildman–Crippen MR) is 86.6 cm³/mol. The zero-order chi connectivity index (χ0) is 14.9. The standard InChI is InChI=1S/C12H9Br2ClN2O2S/c1-7-2-3-8(13)4-11(7)20(18,19)17-9-5-10(14)12(15)16-6-9/h2-6,17H,1H3. The third-order valence-electron chi connectivity index (χ3n) is 2.49. The highest BCUT2D eigenvalue weighted by atomic mass is 79.9. The molecule has 0 aliphatic heterocycles. The van der Waals surface area contributed by atoms with Crippen molar-refractivity contribution in [2.45, 2.75) is 11.8 Å². The largest absolute Gasteiger partial charge is 0.278 e. The quantitative estimate of drug-likeness (QED) is 0.721. The molecule has 0 aliphatic carbocycles. The van der Waals surface area contributed by atoms with Crippen LogP contribution in [0.4, 0.5) is 5.69 Å². The fraction of sp³-hybridized carbons (Fsp3) is 0.0833. The van der Waals surface area contributed by atoms with E-state index in [-0.39, 0.29) is 10.0 Å². The summed E-state index contributed by atoms with van der Waals surface area (Å²) in [7, 11) is -3.68. The van der Waals surface area contributed by atoms with Crippen LogP contribution in [-0.4, -0.2) is 13.4 Å². The van der Waals surface area contributed by atoms with Crippen molar-refractivity contribution in [3.63, 3.8) is 0 Å². The van der Waals surface area contributed by atoms with Gasteiger partial charge in [0.1, 0.15) is 5.15 Å². The van der Waals surface area contributed by atoms with E-state index in [9.17, 15) is 8.42 Å². The molecular weight excluding hydrogens is 431 g/mol. The predicted octanol–water partition coefficient (Wildman–Crippen LogP) is 4.37. The highest BCUT2D eigenvalue weighted by Crippen LogP contribution is 2.26. The van der Waals surface area contributed by atoms with Gasteiger partial charge in [-0.05, 0) is 46.6 Å². The lowest BCUT2D eigenvalue weighted by Gasteiger charge is -2.11. The SMILES string of the molecule is Cc1ccc(Br)cc1S(=O)(=O)Nc1cnc(Cl)c(Br)c1. The Morgan fingerprint density at radius 3 is 2.60 bits per heavy atom. The van der Waals surface area contributed by atoms with Gasteiger partial charge in [-0.2, -0.15) is 0 Å². The van der Waals surface area contributed by atoms with Gasteiger partial charge in [-0.25, -0.2) is 13.4 Å². The van der Waals surface area contributed by atoms with Crippen LogP contribution in [0.2, 0.25) is 5.15 Å². The number of pyridine rings is 1. The molecule has 0 fully saturated rings. The normalized spacial score (nSPS) is 11.4. The summed E-state index contributed by atoms with van der Waals surface area (Å²) in [5, 5.41) is 0.270. The van der Waals surface area contributed by atoms with Crippen LogP contribution in [0.15, 0.2) is 44.3 Å². The van der Waals surface area contributed by atoms with Crippen LogP contribution in [0.5, 0.6) is 0 Å². The summed E-state index contributed by atoms with van der Waals surface area (Å²) < 4.78 is 28.4. The summed E-state index contributed by atoms with van der Waals surface area (Å²) in [6.07, 6.45) is 1.36. The summed E-state index contributed by atoms with van der Waals surface area (Å²) in [5.41, 5.74) is 0.988. The molecular formula is C12H9Br2ClN2O2S. The lowest BCUT2D eigenvalue weighted by atomic mass is 10.2. The minimum absolute atomic E-state index is 0.206. The van der Waals surface area contributed by atoms with Gasteiger partial charge in [-0.3, -0.25) is 4.72 Å². The Hall–Kier alpha value is -0.630. The molecule has 0 bridgehead atoms. The number of hydrogen-bond donors (Lipinski definition) is 1. The van der Waals surface area contributed by atoms with Gasteiger partial charge < -0.3 is 0 Å². The molecule has 1 aromatic carbocycles. The van der Waals surface area contributed by atoms with Gasteiger partial charge in [0.2, 0.25) is 0 Å². The lowest BCUT2D eigenvalue weighted by Crippen LogP contribution is -2.14. The number of halogens is 3. The van der Waals surface area contributed by atoms with E-state index in [4.69, 9.17) is 11.6 Å². The van der Waals surface area contributed by atoms with Crippen LogP contribution in [0.1, 0.15) is 5.56 Å². The minimum atomic E-state index is -3.68. The van der Waals surface area contributed by atoms with Gasteiger partial charge in [-0.1, -0.05) is 33.6 Å². The molecule has 0 amide bonds. The Morgan fingerprint density at radius 1 is 1.25 bits per heavy atom. The van der Waals surface area contributed by atoms with Crippen molar-refractivity contribution in [3.05, 3.63) is 50.1 Å². The highest BCUT2D eigenvalue weighted by Gasteiger charge is 2.18. The molecule has 0 atom stereocenters. The van der Waals surface area contributed by atoms with Gasteiger partial charge in [0, 0.05) is 4.47 Å². The first kappa shape index (κ1) is 15.8. The zero-order valence-electron chi connectivity index (χ0n) is 10.2. The fourth-order valence-electron chi connectivity index (χ4n) is 1.55. The van der Waals surface area contributed by atoms with Crippen LogP contribution < -0.4 is 4.72 Å². The maximum absolute atomic E-state index is 12.4. The summed E-state index contributed by atoms with van der Waals surface area (Å²) in [6, 6.07) is 6.62. The molecule has 106 valence electrons. The molecule has 0 aliphatic rings. The smallest absolute Gasteiger partial charge is 0.262 e. The van der Waals surface area contributed by atoms with Crippen LogP contribution >= 0.6 is 43.5 Å². The molecule has 20 heavy (non-hydrogen) atoms. The second-order valence-corrected chi connectivity index (χ2v) is 7.79. The number of rotatable bonds is 3. The Kier molecular flexibility index (Phi) is 4.73. The van der Waals surface area contributed by atoms with Crippen LogP contribution in [0, 0.1) is 6.92 Å². The molecule has 0 spiro atoms. The number of nitrogens with zero attached hydrogens (tertiary/aromatic N) is 1. The van der Waals surface area contributed by atoms with E-state index >= 15 is 0 Å². The molecule has 0 saturated carbocycles. The van der Waals surface area contributed by atoms with E-state index in [1.807, 2.05) is 0 Å². The van der Waals surface area contributed by atoms with Gasteiger partial charge in [0.05, 0.1) is 21.3 Å². The third kappa shape index (κ3) is 3.52. The van der Waals surface area contributed by atoms with Gasteiger partial charge in [0.25, 0.3) is 10.0 Å². The number of hydrogen-bond acceptors (Lipinski definition) is 3. The molecule has 4 nitrogen and oxygen atoms in total. The molecule has 1 N–H and O–H groups in total. The molecule has 2 rings (SSSR count). The van der Waals surface area contributed by atoms with E-state index in [0.29, 0.717) is 20.2 Å². The van der Waals surface area contributed by atoms with E-state index in [0.717, 1.165) is 0 Å². The van der Waals surface area contributed by atoms with E-state index in [1.54, 1.807) is 31.2 Å². The zero-order valence-corrected chi connectivity index (χ0v) is 14.9. The Bertz CT molecular complexity index is 766. The van der Waals surface area contributed by atoms with Crippen LogP contribution in [-0.2, 0) is 10.0 Å². The summed E-state index contributed by atoms with van der Waals surface area (Å²) in [5.74, 6) is 0. The minimum Gasteiger partial charge on any atom is -0.278 e.